The van der Waals surface area contributed by atoms with Crippen LogP contribution >= 0.6 is 11.6 Å². The zero-order valence-electron chi connectivity index (χ0n) is 12.0. The molecule has 0 bridgehead atoms. The molecule has 1 aliphatic rings. The second kappa shape index (κ2) is 5.90. The quantitative estimate of drug-likeness (QED) is 0.873. The number of carbonyl (C=O) groups is 1. The van der Waals surface area contributed by atoms with Crippen molar-refractivity contribution in [2.24, 2.45) is 0 Å². The van der Waals surface area contributed by atoms with Gasteiger partial charge in [-0.2, -0.15) is 5.10 Å². The minimum absolute atomic E-state index is 0.0952. The monoisotopic (exact) mass is 303 g/mol. The maximum Gasteiger partial charge on any atom is 0.244 e. The number of rotatable bonds is 3. The number of benzene rings is 1. The number of nitrogens with zero attached hydrogens (tertiary/aromatic N) is 3. The molecule has 1 aromatic heterocycles. The van der Waals surface area contributed by atoms with Gasteiger partial charge < -0.3 is 4.90 Å². The Morgan fingerprint density at radius 2 is 2.14 bits per heavy atom. The Morgan fingerprint density at radius 3 is 2.81 bits per heavy atom. The van der Waals surface area contributed by atoms with Crippen molar-refractivity contribution < 1.29 is 4.79 Å². The average Bonchev–Trinajstić information content (AvgIpc) is 3.09. The minimum atomic E-state index is 0.0952. The predicted molar refractivity (Wildman–Crippen MR) is 82.1 cm³/mol. The molecule has 1 aromatic carbocycles. The van der Waals surface area contributed by atoms with Crippen molar-refractivity contribution in [2.75, 3.05) is 6.54 Å². The molecular formula is C16H18ClN3O. The van der Waals surface area contributed by atoms with E-state index in [1.165, 1.54) is 11.1 Å². The van der Waals surface area contributed by atoms with E-state index in [0.29, 0.717) is 5.02 Å². The van der Waals surface area contributed by atoms with E-state index in [9.17, 15) is 4.79 Å². The van der Waals surface area contributed by atoms with Gasteiger partial charge in [0, 0.05) is 12.7 Å². The Balaban J connectivity index is 1.74. The second-order valence-electron chi connectivity index (χ2n) is 5.51. The Morgan fingerprint density at radius 1 is 1.38 bits per heavy atom. The molecule has 110 valence electrons. The van der Waals surface area contributed by atoms with E-state index in [1.807, 2.05) is 4.90 Å². The van der Waals surface area contributed by atoms with Crippen molar-refractivity contribution >= 4 is 17.5 Å². The van der Waals surface area contributed by atoms with Crippen molar-refractivity contribution in [2.45, 2.75) is 32.4 Å². The Hall–Kier alpha value is -1.81. The molecule has 0 aliphatic carbocycles. The lowest BCUT2D eigenvalue weighted by molar-refractivity contribution is -0.133. The van der Waals surface area contributed by atoms with Gasteiger partial charge in [0.25, 0.3) is 0 Å². The topological polar surface area (TPSA) is 38.1 Å². The molecule has 4 nitrogen and oxygen atoms in total. The summed E-state index contributed by atoms with van der Waals surface area (Å²) in [5.74, 6) is 0.0952. The lowest BCUT2D eigenvalue weighted by Gasteiger charge is -2.25. The molecule has 21 heavy (non-hydrogen) atoms. The minimum Gasteiger partial charge on any atom is -0.334 e. The molecule has 5 heteroatoms. The highest BCUT2D eigenvalue weighted by atomic mass is 35.5. The van der Waals surface area contributed by atoms with Crippen molar-refractivity contribution in [3.05, 3.63) is 52.8 Å². The third-order valence-corrected chi connectivity index (χ3v) is 4.13. The van der Waals surface area contributed by atoms with Crippen LogP contribution in [0.3, 0.4) is 0 Å². The van der Waals surface area contributed by atoms with E-state index in [0.717, 1.165) is 19.4 Å². The van der Waals surface area contributed by atoms with Crippen LogP contribution in [0.25, 0.3) is 0 Å². The van der Waals surface area contributed by atoms with Crippen LogP contribution in [0.1, 0.15) is 30.0 Å². The number of hydrogen-bond acceptors (Lipinski definition) is 2. The molecule has 1 amide bonds. The molecule has 1 unspecified atom stereocenters. The van der Waals surface area contributed by atoms with Gasteiger partial charge in [0.1, 0.15) is 6.54 Å². The summed E-state index contributed by atoms with van der Waals surface area (Å²) in [5, 5.41) is 4.63. The summed E-state index contributed by atoms with van der Waals surface area (Å²) >= 11 is 5.83. The van der Waals surface area contributed by atoms with Crippen molar-refractivity contribution in [1.29, 1.82) is 0 Å². The summed E-state index contributed by atoms with van der Waals surface area (Å²) in [4.78, 5) is 14.5. The summed E-state index contributed by atoms with van der Waals surface area (Å²) in [7, 11) is 0. The van der Waals surface area contributed by atoms with Crippen LogP contribution < -0.4 is 0 Å². The largest absolute Gasteiger partial charge is 0.334 e. The number of halogens is 1. The molecule has 0 N–H and O–H groups in total. The Labute approximate surface area is 129 Å². The van der Waals surface area contributed by atoms with Gasteiger partial charge in [-0.1, -0.05) is 41.4 Å². The standard InChI is InChI=1S/C16H18ClN3O/c1-12-4-6-13(7-5-12)15-3-2-8-20(15)16(21)11-19-10-14(17)9-18-19/h4-7,9-10,15H,2-3,8,11H2,1H3. The molecule has 1 saturated heterocycles. The van der Waals surface area contributed by atoms with Gasteiger partial charge in [-0.15, -0.1) is 0 Å². The maximum atomic E-state index is 12.5. The van der Waals surface area contributed by atoms with E-state index in [-0.39, 0.29) is 18.5 Å². The van der Waals surface area contributed by atoms with E-state index in [1.54, 1.807) is 17.1 Å². The van der Waals surface area contributed by atoms with Gasteiger partial charge in [0.15, 0.2) is 0 Å². The third kappa shape index (κ3) is 3.10. The van der Waals surface area contributed by atoms with Crippen molar-refractivity contribution in [3.63, 3.8) is 0 Å². The van der Waals surface area contributed by atoms with Crippen LogP contribution in [0.2, 0.25) is 5.02 Å². The Bertz CT molecular complexity index is 635. The maximum absolute atomic E-state index is 12.5. The van der Waals surface area contributed by atoms with Gasteiger partial charge in [-0.25, -0.2) is 0 Å². The summed E-state index contributed by atoms with van der Waals surface area (Å²) < 4.78 is 1.59. The first kappa shape index (κ1) is 14.1. The first-order chi connectivity index (χ1) is 10.1. The fourth-order valence-electron chi connectivity index (χ4n) is 2.85. The highest BCUT2D eigenvalue weighted by Gasteiger charge is 2.29. The SMILES string of the molecule is Cc1ccc(C2CCCN2C(=O)Cn2cc(Cl)cn2)cc1. The lowest BCUT2D eigenvalue weighted by Crippen LogP contribution is -2.33. The fraction of sp³-hybridized carbons (Fsp3) is 0.375. The summed E-state index contributed by atoms with van der Waals surface area (Å²) in [6.07, 6.45) is 5.30. The summed E-state index contributed by atoms with van der Waals surface area (Å²) in [6, 6.07) is 8.63. The first-order valence-corrected chi connectivity index (χ1v) is 7.55. The molecular weight excluding hydrogens is 286 g/mol. The van der Waals surface area contributed by atoms with Crippen LogP contribution in [0.15, 0.2) is 36.7 Å². The van der Waals surface area contributed by atoms with E-state index in [2.05, 4.69) is 36.3 Å². The van der Waals surface area contributed by atoms with Gasteiger partial charge in [0.05, 0.1) is 17.3 Å². The molecule has 3 rings (SSSR count). The third-order valence-electron chi connectivity index (χ3n) is 3.93. The smallest absolute Gasteiger partial charge is 0.244 e. The van der Waals surface area contributed by atoms with Gasteiger partial charge >= 0.3 is 0 Å². The van der Waals surface area contributed by atoms with Crippen molar-refractivity contribution in [3.8, 4) is 0 Å². The number of amides is 1. The van der Waals surface area contributed by atoms with Gasteiger partial charge in [-0.05, 0) is 25.3 Å². The first-order valence-electron chi connectivity index (χ1n) is 7.17. The molecule has 0 spiro atoms. The van der Waals surface area contributed by atoms with Crippen LogP contribution in [-0.2, 0) is 11.3 Å². The summed E-state index contributed by atoms with van der Waals surface area (Å²) in [6.45, 7) is 3.13. The lowest BCUT2D eigenvalue weighted by atomic mass is 10.0. The van der Waals surface area contributed by atoms with Gasteiger partial charge in [-0.3, -0.25) is 9.48 Å². The van der Waals surface area contributed by atoms with Gasteiger partial charge in [0.2, 0.25) is 5.91 Å². The highest BCUT2D eigenvalue weighted by Crippen LogP contribution is 2.32. The highest BCUT2D eigenvalue weighted by molar-refractivity contribution is 6.30. The van der Waals surface area contributed by atoms with E-state index in [4.69, 9.17) is 11.6 Å². The average molecular weight is 304 g/mol. The van der Waals surface area contributed by atoms with Crippen LogP contribution in [0, 0.1) is 6.92 Å². The molecule has 1 aliphatic heterocycles. The molecule has 0 saturated carbocycles. The molecule has 1 fully saturated rings. The zero-order valence-corrected chi connectivity index (χ0v) is 12.8. The molecule has 0 radical (unpaired) electrons. The van der Waals surface area contributed by atoms with Crippen LogP contribution in [0.5, 0.6) is 0 Å². The van der Waals surface area contributed by atoms with Crippen molar-refractivity contribution in [1.82, 2.24) is 14.7 Å². The number of hydrogen-bond donors (Lipinski definition) is 0. The van der Waals surface area contributed by atoms with Crippen LogP contribution in [0.4, 0.5) is 0 Å². The predicted octanol–water partition coefficient (Wildman–Crippen LogP) is 3.21. The number of likely N-dealkylation sites (tertiary alicyclic amines) is 1. The second-order valence-corrected chi connectivity index (χ2v) is 5.95. The number of aromatic nitrogens is 2. The number of carbonyl (C=O) groups excluding carboxylic acids is 1. The van der Waals surface area contributed by atoms with E-state index < -0.39 is 0 Å². The van der Waals surface area contributed by atoms with Crippen LogP contribution in [-0.4, -0.2) is 27.1 Å². The zero-order chi connectivity index (χ0) is 14.8. The molecule has 2 heterocycles. The van der Waals surface area contributed by atoms with E-state index >= 15 is 0 Å². The summed E-state index contributed by atoms with van der Waals surface area (Å²) in [5.41, 5.74) is 2.45. The fourth-order valence-corrected chi connectivity index (χ4v) is 3.01. The number of aryl methyl sites for hydroxylation is 1. The normalized spacial score (nSPS) is 18.2. The molecule has 1 atom stereocenters. The molecule has 2 aromatic rings. The Kier molecular flexibility index (Phi) is 3.97.